The summed E-state index contributed by atoms with van der Waals surface area (Å²) < 4.78 is 11.8. The van der Waals surface area contributed by atoms with E-state index in [0.29, 0.717) is 0 Å². The van der Waals surface area contributed by atoms with Crippen molar-refractivity contribution in [3.63, 3.8) is 0 Å². The van der Waals surface area contributed by atoms with E-state index in [2.05, 4.69) is 4.98 Å². The average Bonchev–Trinajstić information content (AvgIpc) is 3.48. The number of nitrogens with one attached hydrogen (secondary N) is 1. The van der Waals surface area contributed by atoms with Gasteiger partial charge in [0.15, 0.2) is 17.5 Å². The molecule has 3 heterocycles. The zero-order chi connectivity index (χ0) is 27.2. The molecule has 2 saturated heterocycles. The number of aliphatic hydroxyl groups is 8. The van der Waals surface area contributed by atoms with Gasteiger partial charge in [0.2, 0.25) is 0 Å². The Hall–Kier alpha value is -1.87. The summed E-state index contributed by atoms with van der Waals surface area (Å²) in [6.45, 7) is 2.62. The number of esters is 1. The molecule has 1 spiro atoms. The molecule has 1 aromatic rings. The Labute approximate surface area is 211 Å². The molecule has 0 radical (unpaired) electrons. The Morgan fingerprint density at radius 1 is 1.22 bits per heavy atom. The van der Waals surface area contributed by atoms with Crippen LogP contribution in [0.3, 0.4) is 0 Å². The maximum Gasteiger partial charge on any atom is 0.355 e. The largest absolute Gasteiger partial charge is 0.451 e. The van der Waals surface area contributed by atoms with Crippen LogP contribution in [0.5, 0.6) is 0 Å². The number of aliphatic hydroxyl groups excluding tert-OH is 3. The molecule has 3 saturated carbocycles. The molecule has 5 fully saturated rings. The Balaban J connectivity index is 1.70. The number of rotatable bonds is 5. The van der Waals surface area contributed by atoms with E-state index < -0.39 is 88.4 Å². The van der Waals surface area contributed by atoms with Gasteiger partial charge in [0.1, 0.15) is 34.2 Å². The van der Waals surface area contributed by atoms with E-state index in [9.17, 15) is 45.6 Å². The van der Waals surface area contributed by atoms with Crippen LogP contribution in [0.25, 0.3) is 0 Å². The zero-order valence-electron chi connectivity index (χ0n) is 20.7. The lowest BCUT2D eigenvalue weighted by atomic mass is 9.52. The fourth-order valence-electron chi connectivity index (χ4n) is 9.26. The molecule has 37 heavy (non-hydrogen) atoms. The van der Waals surface area contributed by atoms with E-state index in [-0.39, 0.29) is 17.7 Å². The first-order valence-electron chi connectivity index (χ1n) is 12.3. The number of carbonyl (C=O) groups excluding carboxylic acids is 1. The summed E-state index contributed by atoms with van der Waals surface area (Å²) in [5.41, 5.74) is -17.2. The summed E-state index contributed by atoms with van der Waals surface area (Å²) in [7, 11) is 0. The minimum Gasteiger partial charge on any atom is -0.451 e. The highest BCUT2D eigenvalue weighted by Gasteiger charge is 3.10. The highest BCUT2D eigenvalue weighted by molar-refractivity contribution is 5.87. The molecular formula is C25H33NO11. The summed E-state index contributed by atoms with van der Waals surface area (Å²) in [4.78, 5) is 15.9. The van der Waals surface area contributed by atoms with Gasteiger partial charge in [0.05, 0.1) is 12.0 Å². The third-order valence-corrected chi connectivity index (χ3v) is 11.1. The lowest BCUT2D eigenvalue weighted by Gasteiger charge is -2.59. The molecule has 12 nitrogen and oxygen atoms in total. The van der Waals surface area contributed by atoms with Crippen LogP contribution >= 0.6 is 0 Å². The SMILES string of the molecule is CC(CO)[C@@]1(O)[C@@H](OC(=O)c2ccc[nH]2)[C@@]2(O)[C@@]3(C)C[C@]4(O)O[C@@]5([C@@H](O)C(CO)=CC[C@]35O)[C@@]2(O)[C@]14C. The highest BCUT2D eigenvalue weighted by atomic mass is 16.7. The molecule has 12 heteroatoms. The highest BCUT2D eigenvalue weighted by Crippen LogP contribution is 2.90. The van der Waals surface area contributed by atoms with E-state index in [1.807, 2.05) is 0 Å². The van der Waals surface area contributed by atoms with Gasteiger partial charge < -0.3 is 55.3 Å². The van der Waals surface area contributed by atoms with E-state index in [1.54, 1.807) is 0 Å². The van der Waals surface area contributed by atoms with Crippen molar-refractivity contribution in [1.82, 2.24) is 4.98 Å². The van der Waals surface area contributed by atoms with Gasteiger partial charge in [-0.05, 0) is 31.1 Å². The lowest BCUT2D eigenvalue weighted by molar-refractivity contribution is -0.380. The standard InChI is InChI=1S/C25H33NO11/c1-12(9-27)22(33)17(36-16(30)14-5-4-8-26-14)23(34)18(2)11-21(32)19(22,3)25(23,35)24(37-21)15(29)13(10-28)6-7-20(18,24)31/h4-6,8,12,15,17,26-29,31-35H,7,9-11H2,1-3H3/t12?,15-,17+,18-,19-,20-,21-,22+,23+,24+,25+/m0/s1. The van der Waals surface area contributed by atoms with Gasteiger partial charge in [0.25, 0.3) is 0 Å². The molecule has 1 aromatic heterocycles. The molecule has 7 rings (SSSR count). The van der Waals surface area contributed by atoms with Gasteiger partial charge in [-0.15, -0.1) is 0 Å². The predicted molar refractivity (Wildman–Crippen MR) is 121 cm³/mol. The number of carbonyl (C=O) groups is 1. The van der Waals surface area contributed by atoms with Crippen LogP contribution in [0.15, 0.2) is 30.0 Å². The van der Waals surface area contributed by atoms with Crippen LogP contribution in [0.1, 0.15) is 44.1 Å². The molecule has 0 amide bonds. The fraction of sp³-hybridized carbons (Fsp3) is 0.720. The minimum atomic E-state index is -2.85. The molecule has 4 aliphatic carbocycles. The summed E-state index contributed by atoms with van der Waals surface area (Å²) in [6.07, 6.45) is -1.89. The lowest BCUT2D eigenvalue weighted by Crippen LogP contribution is -2.74. The van der Waals surface area contributed by atoms with E-state index in [4.69, 9.17) is 9.47 Å². The van der Waals surface area contributed by atoms with Gasteiger partial charge in [-0.3, -0.25) is 0 Å². The second kappa shape index (κ2) is 6.64. The molecule has 9 N–H and O–H groups in total. The van der Waals surface area contributed by atoms with Gasteiger partial charge in [0, 0.05) is 30.6 Å². The van der Waals surface area contributed by atoms with E-state index in [1.165, 1.54) is 45.2 Å². The predicted octanol–water partition coefficient (Wildman–Crippen LogP) is -2.32. The third-order valence-electron chi connectivity index (χ3n) is 11.1. The van der Waals surface area contributed by atoms with E-state index in [0.717, 1.165) is 0 Å². The molecule has 6 aliphatic rings. The maximum absolute atomic E-state index is 13.2. The normalized spacial score (nSPS) is 55.8. The van der Waals surface area contributed by atoms with Crippen molar-refractivity contribution in [2.45, 2.75) is 79.6 Å². The second-order valence-electron chi connectivity index (χ2n) is 11.9. The summed E-state index contributed by atoms with van der Waals surface area (Å²) in [5, 5.41) is 94.0. The van der Waals surface area contributed by atoms with Crippen molar-refractivity contribution in [3.05, 3.63) is 35.7 Å². The van der Waals surface area contributed by atoms with Crippen molar-refractivity contribution < 1.29 is 55.1 Å². The van der Waals surface area contributed by atoms with Crippen LogP contribution < -0.4 is 0 Å². The number of hydrogen-bond acceptors (Lipinski definition) is 11. The number of aromatic nitrogens is 1. The van der Waals surface area contributed by atoms with Gasteiger partial charge in [-0.25, -0.2) is 4.79 Å². The first-order chi connectivity index (χ1) is 17.1. The summed E-state index contributed by atoms with van der Waals surface area (Å²) in [6, 6.07) is 2.93. The van der Waals surface area contributed by atoms with Gasteiger partial charge >= 0.3 is 5.97 Å². The van der Waals surface area contributed by atoms with Crippen molar-refractivity contribution in [2.24, 2.45) is 16.7 Å². The van der Waals surface area contributed by atoms with Crippen LogP contribution in [0.2, 0.25) is 0 Å². The first-order valence-corrected chi connectivity index (χ1v) is 12.3. The summed E-state index contributed by atoms with van der Waals surface area (Å²) in [5.74, 6) is -4.69. The van der Waals surface area contributed by atoms with Crippen LogP contribution in [0, 0.1) is 16.7 Å². The average molecular weight is 524 g/mol. The quantitative estimate of drug-likeness (QED) is 0.148. The van der Waals surface area contributed by atoms with Gasteiger partial charge in [-0.1, -0.05) is 19.9 Å². The monoisotopic (exact) mass is 523 g/mol. The Bertz CT molecular complexity index is 1220. The molecule has 6 bridgehead atoms. The van der Waals surface area contributed by atoms with Crippen molar-refractivity contribution in [3.8, 4) is 0 Å². The van der Waals surface area contributed by atoms with Crippen LogP contribution in [-0.4, -0.2) is 111 Å². The second-order valence-corrected chi connectivity index (χ2v) is 11.9. The molecule has 0 aromatic carbocycles. The number of hydrogen-bond donors (Lipinski definition) is 9. The molecule has 2 aliphatic heterocycles. The zero-order valence-corrected chi connectivity index (χ0v) is 20.7. The molecule has 11 atom stereocenters. The van der Waals surface area contributed by atoms with Gasteiger partial charge in [-0.2, -0.15) is 0 Å². The van der Waals surface area contributed by atoms with Crippen LogP contribution in [-0.2, 0) is 9.47 Å². The minimum absolute atomic E-state index is 0.0243. The Morgan fingerprint density at radius 3 is 2.46 bits per heavy atom. The van der Waals surface area contributed by atoms with Crippen molar-refractivity contribution in [1.29, 1.82) is 0 Å². The third kappa shape index (κ3) is 1.93. The molecule has 1 unspecified atom stereocenters. The van der Waals surface area contributed by atoms with Crippen LogP contribution in [0.4, 0.5) is 0 Å². The summed E-state index contributed by atoms with van der Waals surface area (Å²) >= 11 is 0. The first kappa shape index (κ1) is 25.4. The molecule has 204 valence electrons. The topological polar surface area (TPSA) is 213 Å². The smallest absolute Gasteiger partial charge is 0.355 e. The van der Waals surface area contributed by atoms with Crippen molar-refractivity contribution in [2.75, 3.05) is 13.2 Å². The number of H-pyrrole nitrogens is 1. The van der Waals surface area contributed by atoms with E-state index >= 15 is 0 Å². The fourth-order valence-corrected chi connectivity index (χ4v) is 9.26. The Kier molecular flexibility index (Phi) is 4.56. The number of aromatic amines is 1. The van der Waals surface area contributed by atoms with Crippen molar-refractivity contribution >= 4 is 5.97 Å². The molecular weight excluding hydrogens is 490 g/mol. The maximum atomic E-state index is 13.2. The Morgan fingerprint density at radius 2 is 1.89 bits per heavy atom. The number of ether oxygens (including phenoxy) is 2.